The van der Waals surface area contributed by atoms with Gasteiger partial charge in [-0.3, -0.25) is 0 Å². The molecule has 0 bridgehead atoms. The third-order valence-electron chi connectivity index (χ3n) is 4.13. The number of nitrogens with zero attached hydrogens (tertiary/aromatic N) is 2. The van der Waals surface area contributed by atoms with Gasteiger partial charge in [-0.25, -0.2) is 8.42 Å². The first-order valence-corrected chi connectivity index (χ1v) is 9.03. The van der Waals surface area contributed by atoms with Gasteiger partial charge in [-0.1, -0.05) is 17.7 Å². The van der Waals surface area contributed by atoms with Gasteiger partial charge in [-0.15, -0.1) is 0 Å². The minimum atomic E-state index is -2.96. The maximum absolute atomic E-state index is 11.9. The van der Waals surface area contributed by atoms with Gasteiger partial charge in [0, 0.05) is 12.2 Å². The van der Waals surface area contributed by atoms with Gasteiger partial charge in [0.15, 0.2) is 14.9 Å². The summed E-state index contributed by atoms with van der Waals surface area (Å²) < 4.78 is 23.9. The lowest BCUT2D eigenvalue weighted by Gasteiger charge is -2.24. The number of thiocarbonyl (C=S) groups is 1. The maximum Gasteiger partial charge on any atom is 0.176 e. The molecular formula is C14H18N2O2S2. The van der Waals surface area contributed by atoms with Crippen LogP contribution in [0.5, 0.6) is 0 Å². The summed E-state index contributed by atoms with van der Waals surface area (Å²) in [5.74, 6) is 0.413. The van der Waals surface area contributed by atoms with Crippen LogP contribution in [0.2, 0.25) is 0 Å². The summed E-state index contributed by atoms with van der Waals surface area (Å²) in [7, 11) is -2.96. The summed E-state index contributed by atoms with van der Waals surface area (Å²) in [5.41, 5.74) is 2.17. The van der Waals surface area contributed by atoms with Crippen molar-refractivity contribution in [1.29, 1.82) is 0 Å². The van der Waals surface area contributed by atoms with Gasteiger partial charge in [-0.05, 0) is 38.2 Å². The van der Waals surface area contributed by atoms with Crippen LogP contribution in [0.25, 0.3) is 0 Å². The second kappa shape index (κ2) is 4.70. The Labute approximate surface area is 125 Å². The molecule has 2 fully saturated rings. The van der Waals surface area contributed by atoms with Crippen molar-refractivity contribution >= 4 is 32.9 Å². The second-order valence-electron chi connectivity index (χ2n) is 5.49. The van der Waals surface area contributed by atoms with Crippen molar-refractivity contribution < 1.29 is 8.42 Å². The molecule has 2 heterocycles. The summed E-state index contributed by atoms with van der Waals surface area (Å²) in [6, 6.07) is 8.05. The van der Waals surface area contributed by atoms with E-state index in [4.69, 9.17) is 12.2 Å². The van der Waals surface area contributed by atoms with Crippen molar-refractivity contribution in [2.24, 2.45) is 0 Å². The van der Waals surface area contributed by atoms with Gasteiger partial charge in [0.2, 0.25) is 0 Å². The van der Waals surface area contributed by atoms with Gasteiger partial charge >= 0.3 is 0 Å². The first kappa shape index (κ1) is 13.8. The van der Waals surface area contributed by atoms with E-state index in [9.17, 15) is 8.42 Å². The smallest absolute Gasteiger partial charge is 0.176 e. The lowest BCUT2D eigenvalue weighted by atomic mass is 10.1. The number of anilines is 1. The monoisotopic (exact) mass is 310 g/mol. The van der Waals surface area contributed by atoms with E-state index in [1.807, 2.05) is 47.9 Å². The Hall–Kier alpha value is -1.14. The molecule has 0 unspecified atom stereocenters. The minimum Gasteiger partial charge on any atom is -0.343 e. The summed E-state index contributed by atoms with van der Waals surface area (Å²) in [6.45, 7) is 4.80. The van der Waals surface area contributed by atoms with Gasteiger partial charge in [0.1, 0.15) is 0 Å². The fraction of sp³-hybridized carbons (Fsp3) is 0.500. The van der Waals surface area contributed by atoms with Crippen molar-refractivity contribution in [1.82, 2.24) is 4.90 Å². The van der Waals surface area contributed by atoms with Crippen molar-refractivity contribution in [3.05, 3.63) is 29.8 Å². The molecule has 0 amide bonds. The molecule has 20 heavy (non-hydrogen) atoms. The molecule has 4 nitrogen and oxygen atoms in total. The van der Waals surface area contributed by atoms with Crippen LogP contribution in [0.4, 0.5) is 5.69 Å². The van der Waals surface area contributed by atoms with E-state index in [2.05, 4.69) is 0 Å². The van der Waals surface area contributed by atoms with Crippen molar-refractivity contribution in [3.8, 4) is 0 Å². The molecule has 108 valence electrons. The van der Waals surface area contributed by atoms with E-state index in [1.165, 1.54) is 5.56 Å². The van der Waals surface area contributed by atoms with E-state index in [0.29, 0.717) is 0 Å². The number of likely N-dealkylation sites (N-methyl/N-ethyl adjacent to an activating group) is 1. The molecular weight excluding hydrogens is 292 g/mol. The van der Waals surface area contributed by atoms with Crippen LogP contribution in [-0.2, 0) is 9.84 Å². The minimum absolute atomic E-state index is 0.00111. The summed E-state index contributed by atoms with van der Waals surface area (Å²) in [5, 5.41) is 0.751. The molecule has 0 saturated carbocycles. The van der Waals surface area contributed by atoms with Crippen LogP contribution >= 0.6 is 12.2 Å². The third kappa shape index (κ3) is 2.11. The highest BCUT2D eigenvalue weighted by Gasteiger charge is 2.51. The molecule has 6 heteroatoms. The highest BCUT2D eigenvalue weighted by atomic mass is 32.2. The summed E-state index contributed by atoms with van der Waals surface area (Å²) >= 11 is 5.56. The Kier molecular flexibility index (Phi) is 3.25. The first-order chi connectivity index (χ1) is 9.43. The second-order valence-corrected chi connectivity index (χ2v) is 8.00. The molecule has 0 aliphatic carbocycles. The van der Waals surface area contributed by atoms with Crippen LogP contribution in [0.3, 0.4) is 0 Å². The van der Waals surface area contributed by atoms with Gasteiger partial charge in [0.25, 0.3) is 0 Å². The SMILES string of the molecule is CCN1C(=S)N(c2ccc(C)cc2)[C@@H]2CS(=O)(=O)C[C@H]21. The average molecular weight is 310 g/mol. The molecule has 3 rings (SSSR count). The highest BCUT2D eigenvalue weighted by Crippen LogP contribution is 2.34. The Morgan fingerprint density at radius 1 is 1.20 bits per heavy atom. The zero-order valence-electron chi connectivity index (χ0n) is 11.6. The van der Waals surface area contributed by atoms with Crippen molar-refractivity contribution in [3.63, 3.8) is 0 Å². The number of benzene rings is 1. The highest BCUT2D eigenvalue weighted by molar-refractivity contribution is 7.91. The van der Waals surface area contributed by atoms with Crippen molar-refractivity contribution in [2.45, 2.75) is 25.9 Å². The average Bonchev–Trinajstić information content (AvgIpc) is 2.80. The zero-order valence-corrected chi connectivity index (χ0v) is 13.2. The van der Waals surface area contributed by atoms with E-state index in [-0.39, 0.29) is 23.6 Å². The van der Waals surface area contributed by atoms with Crippen LogP contribution in [-0.4, -0.2) is 48.6 Å². The summed E-state index contributed by atoms with van der Waals surface area (Å²) in [6.07, 6.45) is 0. The van der Waals surface area contributed by atoms with E-state index >= 15 is 0 Å². The van der Waals surface area contributed by atoms with Crippen LogP contribution in [0.15, 0.2) is 24.3 Å². The molecule has 0 N–H and O–H groups in total. The number of hydrogen-bond acceptors (Lipinski definition) is 3. The molecule has 0 radical (unpaired) electrons. The number of rotatable bonds is 2. The number of fused-ring (bicyclic) bond motifs is 1. The fourth-order valence-electron chi connectivity index (χ4n) is 3.15. The lowest BCUT2D eigenvalue weighted by molar-refractivity contribution is 0.373. The Morgan fingerprint density at radius 3 is 2.40 bits per heavy atom. The molecule has 1 aromatic carbocycles. The van der Waals surface area contributed by atoms with Crippen LogP contribution < -0.4 is 4.90 Å². The predicted octanol–water partition coefficient (Wildman–Crippen LogP) is 1.59. The van der Waals surface area contributed by atoms with E-state index in [1.54, 1.807) is 0 Å². The van der Waals surface area contributed by atoms with Crippen LogP contribution in [0.1, 0.15) is 12.5 Å². The molecule has 2 aliphatic heterocycles. The Bertz CT molecular complexity index is 640. The lowest BCUT2D eigenvalue weighted by Crippen LogP contribution is -2.37. The molecule has 0 spiro atoms. The largest absolute Gasteiger partial charge is 0.343 e. The van der Waals surface area contributed by atoms with Gasteiger partial charge in [-0.2, -0.15) is 0 Å². The zero-order chi connectivity index (χ0) is 14.5. The predicted molar refractivity (Wildman–Crippen MR) is 84.9 cm³/mol. The molecule has 2 atom stereocenters. The number of aryl methyl sites for hydroxylation is 1. The molecule has 0 aromatic heterocycles. The maximum atomic E-state index is 11.9. The van der Waals surface area contributed by atoms with Crippen LogP contribution in [0, 0.1) is 6.92 Å². The first-order valence-electron chi connectivity index (χ1n) is 6.80. The fourth-order valence-corrected chi connectivity index (χ4v) is 5.61. The number of hydrogen-bond donors (Lipinski definition) is 0. The molecule has 1 aromatic rings. The summed E-state index contributed by atoms with van der Waals surface area (Å²) in [4.78, 5) is 4.07. The quantitative estimate of drug-likeness (QED) is 0.776. The van der Waals surface area contributed by atoms with E-state index < -0.39 is 9.84 Å². The number of sulfone groups is 1. The normalized spacial score (nSPS) is 28.0. The van der Waals surface area contributed by atoms with Gasteiger partial charge < -0.3 is 9.80 Å². The standard InChI is InChI=1S/C14H18N2O2S2/c1-3-15-12-8-20(17,18)9-13(12)16(14(15)19)11-6-4-10(2)5-7-11/h4-7,12-13H,3,8-9H2,1-2H3/t12-,13-/m1/s1. The van der Waals surface area contributed by atoms with Gasteiger partial charge in [0.05, 0.1) is 23.6 Å². The third-order valence-corrected chi connectivity index (χ3v) is 6.26. The topological polar surface area (TPSA) is 40.6 Å². The Balaban J connectivity index is 2.01. The molecule has 2 saturated heterocycles. The Morgan fingerprint density at radius 2 is 1.80 bits per heavy atom. The van der Waals surface area contributed by atoms with E-state index in [0.717, 1.165) is 17.3 Å². The van der Waals surface area contributed by atoms with Crippen molar-refractivity contribution in [2.75, 3.05) is 23.0 Å². The molecule has 2 aliphatic rings.